The van der Waals surface area contributed by atoms with E-state index in [-0.39, 0.29) is 11.3 Å². The van der Waals surface area contributed by atoms with Gasteiger partial charge < -0.3 is 0 Å². The third-order valence-corrected chi connectivity index (χ3v) is 4.21. The molecule has 0 saturated carbocycles. The quantitative estimate of drug-likeness (QED) is 0.776. The van der Waals surface area contributed by atoms with Gasteiger partial charge >= 0.3 is 0 Å². The van der Waals surface area contributed by atoms with Crippen LogP contribution in [0.1, 0.15) is 23.2 Å². The number of carbonyl (C=O) groups excluding carboxylic acids is 1. The van der Waals surface area contributed by atoms with Gasteiger partial charge in [0.2, 0.25) is 0 Å². The largest absolute Gasteiger partial charge is 0.298 e. The number of ketones is 1. The molecule has 3 nitrogen and oxygen atoms in total. The maximum atomic E-state index is 13.6. The Balaban J connectivity index is 1.62. The number of benzene rings is 1. The summed E-state index contributed by atoms with van der Waals surface area (Å²) >= 11 is 0. The number of halogens is 1. The Morgan fingerprint density at radius 1 is 1.26 bits per heavy atom. The molecule has 0 radical (unpaired) electrons. The summed E-state index contributed by atoms with van der Waals surface area (Å²) < 4.78 is 13.6. The van der Waals surface area contributed by atoms with Crippen molar-refractivity contribution < 1.29 is 9.18 Å². The van der Waals surface area contributed by atoms with Crippen molar-refractivity contribution in [1.82, 2.24) is 9.80 Å². The second-order valence-electron chi connectivity index (χ2n) is 5.47. The summed E-state index contributed by atoms with van der Waals surface area (Å²) in [6.07, 6.45) is 2.49. The summed E-state index contributed by atoms with van der Waals surface area (Å²) in [6, 6.07) is 6.85. The van der Waals surface area contributed by atoms with Gasteiger partial charge in [-0.3, -0.25) is 14.6 Å². The number of hydrogen-bond donors (Lipinski definition) is 0. The molecule has 1 aromatic rings. The van der Waals surface area contributed by atoms with Crippen molar-refractivity contribution in [1.29, 1.82) is 0 Å². The normalized spacial score (nSPS) is 24.4. The zero-order chi connectivity index (χ0) is 13.2. The van der Waals surface area contributed by atoms with Crippen LogP contribution in [-0.2, 0) is 0 Å². The van der Waals surface area contributed by atoms with Gasteiger partial charge in [0.25, 0.3) is 0 Å². The fourth-order valence-electron chi connectivity index (χ4n) is 3.17. The lowest BCUT2D eigenvalue weighted by molar-refractivity contribution is 0.0781. The maximum absolute atomic E-state index is 13.6. The van der Waals surface area contributed by atoms with E-state index < -0.39 is 5.82 Å². The Morgan fingerprint density at radius 2 is 2.11 bits per heavy atom. The highest BCUT2D eigenvalue weighted by atomic mass is 19.1. The van der Waals surface area contributed by atoms with Gasteiger partial charge in [-0.05, 0) is 31.5 Å². The van der Waals surface area contributed by atoms with E-state index in [1.165, 1.54) is 25.5 Å². The van der Waals surface area contributed by atoms with Gasteiger partial charge in [-0.2, -0.15) is 0 Å². The van der Waals surface area contributed by atoms with Crippen LogP contribution in [-0.4, -0.2) is 54.3 Å². The van der Waals surface area contributed by atoms with Crippen molar-refractivity contribution in [2.75, 3.05) is 32.7 Å². The summed E-state index contributed by atoms with van der Waals surface area (Å²) in [5.74, 6) is -0.517. The van der Waals surface area contributed by atoms with Crippen LogP contribution in [0.15, 0.2) is 24.3 Å². The van der Waals surface area contributed by atoms with E-state index in [2.05, 4.69) is 9.80 Å². The number of hydrogen-bond acceptors (Lipinski definition) is 3. The number of piperazine rings is 1. The number of Topliss-reactive ketones (excluding diaryl/α,β-unsaturated/α-hetero) is 1. The predicted octanol–water partition coefficient (Wildman–Crippen LogP) is 1.79. The Hall–Kier alpha value is -1.26. The second-order valence-corrected chi connectivity index (χ2v) is 5.47. The minimum Gasteiger partial charge on any atom is -0.298 e. The Kier molecular flexibility index (Phi) is 3.62. The first-order valence-electron chi connectivity index (χ1n) is 6.98. The van der Waals surface area contributed by atoms with Gasteiger partial charge in [-0.1, -0.05) is 12.1 Å². The van der Waals surface area contributed by atoms with Crippen LogP contribution in [0.5, 0.6) is 0 Å². The second kappa shape index (κ2) is 5.39. The van der Waals surface area contributed by atoms with Crippen molar-refractivity contribution >= 4 is 5.78 Å². The molecular formula is C15H19FN2O. The predicted molar refractivity (Wildman–Crippen MR) is 71.8 cm³/mol. The minimum absolute atomic E-state index is 0.107. The van der Waals surface area contributed by atoms with E-state index in [1.54, 1.807) is 18.2 Å². The van der Waals surface area contributed by atoms with Crippen LogP contribution >= 0.6 is 0 Å². The van der Waals surface area contributed by atoms with Crippen LogP contribution in [0.25, 0.3) is 0 Å². The number of fused-ring (bicyclic) bond motifs is 1. The molecule has 4 heteroatoms. The van der Waals surface area contributed by atoms with E-state index in [0.29, 0.717) is 12.6 Å². The van der Waals surface area contributed by atoms with Gasteiger partial charge in [0.05, 0.1) is 12.1 Å². The highest BCUT2D eigenvalue weighted by Gasteiger charge is 2.31. The molecule has 0 bridgehead atoms. The van der Waals surface area contributed by atoms with Crippen LogP contribution in [0.4, 0.5) is 4.39 Å². The van der Waals surface area contributed by atoms with Crippen LogP contribution in [0, 0.1) is 5.82 Å². The molecule has 2 heterocycles. The first kappa shape index (κ1) is 12.8. The van der Waals surface area contributed by atoms with Crippen LogP contribution in [0.2, 0.25) is 0 Å². The van der Waals surface area contributed by atoms with Gasteiger partial charge in [0.15, 0.2) is 5.78 Å². The first-order valence-corrected chi connectivity index (χ1v) is 6.98. The molecule has 1 atom stereocenters. The zero-order valence-electron chi connectivity index (χ0n) is 11.0. The SMILES string of the molecule is O=C(CN1CCN2CCCC2C1)c1ccccc1F. The summed E-state index contributed by atoms with van der Waals surface area (Å²) in [7, 11) is 0. The molecule has 0 amide bonds. The summed E-state index contributed by atoms with van der Waals surface area (Å²) in [5, 5.41) is 0. The van der Waals surface area contributed by atoms with E-state index >= 15 is 0 Å². The first-order chi connectivity index (χ1) is 9.24. The zero-order valence-corrected chi connectivity index (χ0v) is 11.0. The van der Waals surface area contributed by atoms with Crippen LogP contribution in [0.3, 0.4) is 0 Å². The minimum atomic E-state index is -0.410. The monoisotopic (exact) mass is 262 g/mol. The molecule has 3 rings (SSSR count). The smallest absolute Gasteiger partial charge is 0.179 e. The Labute approximate surface area is 113 Å². The van der Waals surface area contributed by atoms with E-state index in [1.807, 2.05) is 0 Å². The van der Waals surface area contributed by atoms with Gasteiger partial charge in [0, 0.05) is 25.7 Å². The number of nitrogens with zero attached hydrogens (tertiary/aromatic N) is 2. The molecule has 0 aromatic heterocycles. The van der Waals surface area contributed by atoms with Gasteiger partial charge in [0.1, 0.15) is 5.82 Å². The van der Waals surface area contributed by atoms with Crippen molar-refractivity contribution in [2.45, 2.75) is 18.9 Å². The fraction of sp³-hybridized carbons (Fsp3) is 0.533. The maximum Gasteiger partial charge on any atom is 0.179 e. The molecular weight excluding hydrogens is 243 g/mol. The lowest BCUT2D eigenvalue weighted by atomic mass is 10.1. The van der Waals surface area contributed by atoms with E-state index in [4.69, 9.17) is 0 Å². The van der Waals surface area contributed by atoms with Gasteiger partial charge in [-0.15, -0.1) is 0 Å². The number of rotatable bonds is 3. The lowest BCUT2D eigenvalue weighted by Crippen LogP contribution is -2.51. The van der Waals surface area contributed by atoms with Gasteiger partial charge in [-0.25, -0.2) is 4.39 Å². The summed E-state index contributed by atoms with van der Waals surface area (Å²) in [6.45, 7) is 4.43. The molecule has 2 fully saturated rings. The molecule has 1 unspecified atom stereocenters. The molecule has 19 heavy (non-hydrogen) atoms. The average Bonchev–Trinajstić information content (AvgIpc) is 2.86. The third kappa shape index (κ3) is 2.69. The molecule has 2 saturated heterocycles. The van der Waals surface area contributed by atoms with Crippen molar-refractivity contribution in [3.05, 3.63) is 35.6 Å². The van der Waals surface area contributed by atoms with E-state index in [9.17, 15) is 9.18 Å². The van der Waals surface area contributed by atoms with Crippen LogP contribution < -0.4 is 0 Å². The highest BCUT2D eigenvalue weighted by Crippen LogP contribution is 2.21. The van der Waals surface area contributed by atoms with Crippen molar-refractivity contribution in [2.24, 2.45) is 0 Å². The molecule has 1 aromatic carbocycles. The third-order valence-electron chi connectivity index (χ3n) is 4.21. The molecule has 102 valence electrons. The van der Waals surface area contributed by atoms with E-state index in [0.717, 1.165) is 19.6 Å². The van der Waals surface area contributed by atoms with Crippen molar-refractivity contribution in [3.8, 4) is 0 Å². The fourth-order valence-corrected chi connectivity index (χ4v) is 3.17. The topological polar surface area (TPSA) is 23.6 Å². The standard InChI is InChI=1S/C15H19FN2O/c16-14-6-2-1-5-13(14)15(19)11-17-8-9-18-7-3-4-12(18)10-17/h1-2,5-6,12H,3-4,7-11H2. The average molecular weight is 262 g/mol. The molecule has 2 aliphatic heterocycles. The Bertz CT molecular complexity index is 477. The molecule has 0 spiro atoms. The lowest BCUT2D eigenvalue weighted by Gasteiger charge is -2.37. The highest BCUT2D eigenvalue weighted by molar-refractivity contribution is 5.97. The molecule has 0 N–H and O–H groups in total. The molecule has 2 aliphatic rings. The Morgan fingerprint density at radius 3 is 2.95 bits per heavy atom. The summed E-state index contributed by atoms with van der Waals surface area (Å²) in [5.41, 5.74) is 0.219. The van der Waals surface area contributed by atoms with Crippen molar-refractivity contribution in [3.63, 3.8) is 0 Å². The summed E-state index contributed by atoms with van der Waals surface area (Å²) in [4.78, 5) is 16.8. The molecule has 0 aliphatic carbocycles. The number of carbonyl (C=O) groups is 1.